The minimum absolute atomic E-state index is 0.0248. The molecule has 9 heteroatoms. The third-order valence-electron chi connectivity index (χ3n) is 4.93. The monoisotopic (exact) mass is 391 g/mol. The third kappa shape index (κ3) is 3.89. The normalized spacial score (nSPS) is 15.4. The predicted octanol–water partition coefficient (Wildman–Crippen LogP) is 0.843. The average molecular weight is 391 g/mol. The summed E-state index contributed by atoms with van der Waals surface area (Å²) in [6.07, 6.45) is 0.838. The van der Waals surface area contributed by atoms with Crippen molar-refractivity contribution >= 4 is 17.1 Å². The Labute approximate surface area is 163 Å². The maximum absolute atomic E-state index is 13.0. The van der Waals surface area contributed by atoms with Crippen LogP contribution in [-0.4, -0.2) is 56.2 Å². The molecule has 3 heterocycles. The van der Waals surface area contributed by atoms with Crippen LogP contribution in [0.15, 0.2) is 9.59 Å². The van der Waals surface area contributed by atoms with Gasteiger partial charge < -0.3 is 14.6 Å². The van der Waals surface area contributed by atoms with E-state index >= 15 is 0 Å². The van der Waals surface area contributed by atoms with Crippen LogP contribution in [0.2, 0.25) is 0 Å². The smallest absolute Gasteiger partial charge is 0.332 e. The zero-order chi connectivity index (χ0) is 20.5. The highest BCUT2D eigenvalue weighted by Crippen LogP contribution is 2.20. The van der Waals surface area contributed by atoms with Gasteiger partial charge in [0.2, 0.25) is 5.91 Å². The van der Waals surface area contributed by atoms with Crippen molar-refractivity contribution in [3.05, 3.63) is 26.7 Å². The number of fused-ring (bicyclic) bond motifs is 1. The largest absolute Gasteiger partial charge is 0.378 e. The van der Waals surface area contributed by atoms with Crippen molar-refractivity contribution in [2.75, 3.05) is 26.3 Å². The Hall–Kier alpha value is -2.42. The SMILES string of the molecule is CCCn1c(=O)c2[nH]c(C(C)(C)C)nc2n(CCC(=O)N2CCOCC2)c1=O. The van der Waals surface area contributed by atoms with Gasteiger partial charge in [0.15, 0.2) is 5.65 Å². The summed E-state index contributed by atoms with van der Waals surface area (Å²) in [6, 6.07) is 0. The summed E-state index contributed by atoms with van der Waals surface area (Å²) in [5, 5.41) is 0. The van der Waals surface area contributed by atoms with E-state index in [0.717, 1.165) is 0 Å². The van der Waals surface area contributed by atoms with Gasteiger partial charge in [0, 0.05) is 38.0 Å². The van der Waals surface area contributed by atoms with Crippen LogP contribution in [0.3, 0.4) is 0 Å². The lowest BCUT2D eigenvalue weighted by molar-refractivity contribution is -0.135. The molecule has 1 amide bonds. The van der Waals surface area contributed by atoms with Gasteiger partial charge >= 0.3 is 5.69 Å². The average Bonchev–Trinajstić information content (AvgIpc) is 3.11. The first-order valence-corrected chi connectivity index (χ1v) is 9.83. The van der Waals surface area contributed by atoms with Crippen molar-refractivity contribution < 1.29 is 9.53 Å². The quantitative estimate of drug-likeness (QED) is 0.814. The number of nitrogens with one attached hydrogen (secondary N) is 1. The molecular formula is C19H29N5O4. The third-order valence-corrected chi connectivity index (χ3v) is 4.93. The number of morpholine rings is 1. The molecule has 1 aliphatic rings. The summed E-state index contributed by atoms with van der Waals surface area (Å²) in [6.45, 7) is 10.6. The second kappa shape index (κ2) is 7.90. The van der Waals surface area contributed by atoms with Crippen molar-refractivity contribution in [3.63, 3.8) is 0 Å². The number of hydrogen-bond donors (Lipinski definition) is 1. The number of aromatic amines is 1. The molecule has 9 nitrogen and oxygen atoms in total. The molecule has 2 aromatic rings. The first-order chi connectivity index (χ1) is 13.2. The minimum Gasteiger partial charge on any atom is -0.378 e. The van der Waals surface area contributed by atoms with E-state index < -0.39 is 5.69 Å². The molecule has 0 aliphatic carbocycles. The number of aryl methyl sites for hydroxylation is 1. The Morgan fingerprint density at radius 1 is 1.14 bits per heavy atom. The zero-order valence-electron chi connectivity index (χ0n) is 17.1. The van der Waals surface area contributed by atoms with Crippen molar-refractivity contribution in [2.24, 2.45) is 0 Å². The molecule has 0 atom stereocenters. The Kier molecular flexibility index (Phi) is 5.74. The van der Waals surface area contributed by atoms with Gasteiger partial charge in [-0.25, -0.2) is 9.78 Å². The lowest BCUT2D eigenvalue weighted by Crippen LogP contribution is -2.43. The number of aromatic nitrogens is 4. The topological polar surface area (TPSA) is 102 Å². The summed E-state index contributed by atoms with van der Waals surface area (Å²) < 4.78 is 7.96. The van der Waals surface area contributed by atoms with E-state index in [1.54, 1.807) is 4.90 Å². The number of H-pyrrole nitrogens is 1. The van der Waals surface area contributed by atoms with Crippen molar-refractivity contribution in [3.8, 4) is 0 Å². The molecule has 154 valence electrons. The maximum Gasteiger partial charge on any atom is 0.332 e. The molecule has 2 aromatic heterocycles. The molecule has 0 spiro atoms. The maximum atomic E-state index is 13.0. The summed E-state index contributed by atoms with van der Waals surface area (Å²) in [4.78, 5) is 47.7. The first-order valence-electron chi connectivity index (χ1n) is 9.83. The van der Waals surface area contributed by atoms with Crippen LogP contribution >= 0.6 is 0 Å². The van der Waals surface area contributed by atoms with Gasteiger partial charge in [-0.3, -0.25) is 18.7 Å². The van der Waals surface area contributed by atoms with Crippen molar-refractivity contribution in [1.82, 2.24) is 24.0 Å². The van der Waals surface area contributed by atoms with Gasteiger partial charge in [0.25, 0.3) is 5.56 Å². The molecule has 28 heavy (non-hydrogen) atoms. The number of amides is 1. The Morgan fingerprint density at radius 3 is 2.43 bits per heavy atom. The van der Waals surface area contributed by atoms with E-state index in [0.29, 0.717) is 56.3 Å². The molecule has 0 aromatic carbocycles. The van der Waals surface area contributed by atoms with Crippen LogP contribution in [0.4, 0.5) is 0 Å². The molecule has 1 N–H and O–H groups in total. The number of nitrogens with zero attached hydrogens (tertiary/aromatic N) is 4. The highest BCUT2D eigenvalue weighted by atomic mass is 16.5. The highest BCUT2D eigenvalue weighted by molar-refractivity contribution is 5.76. The van der Waals surface area contributed by atoms with Crippen LogP contribution in [0.25, 0.3) is 11.2 Å². The lowest BCUT2D eigenvalue weighted by atomic mass is 9.96. The van der Waals surface area contributed by atoms with E-state index in [9.17, 15) is 14.4 Å². The van der Waals surface area contributed by atoms with E-state index in [4.69, 9.17) is 4.74 Å². The Bertz CT molecular complexity index is 973. The van der Waals surface area contributed by atoms with Crippen LogP contribution < -0.4 is 11.2 Å². The van der Waals surface area contributed by atoms with Crippen molar-refractivity contribution in [2.45, 2.75) is 59.0 Å². The molecule has 1 saturated heterocycles. The predicted molar refractivity (Wildman–Crippen MR) is 106 cm³/mol. The van der Waals surface area contributed by atoms with E-state index in [2.05, 4.69) is 9.97 Å². The van der Waals surface area contributed by atoms with Crippen LogP contribution in [-0.2, 0) is 28.0 Å². The second-order valence-corrected chi connectivity index (χ2v) is 8.17. The summed E-state index contributed by atoms with van der Waals surface area (Å²) in [7, 11) is 0. The zero-order valence-corrected chi connectivity index (χ0v) is 17.1. The fraction of sp³-hybridized carbons (Fsp3) is 0.684. The van der Waals surface area contributed by atoms with Crippen LogP contribution in [0, 0.1) is 0 Å². The van der Waals surface area contributed by atoms with E-state index in [1.165, 1.54) is 9.13 Å². The summed E-state index contributed by atoms with van der Waals surface area (Å²) >= 11 is 0. The van der Waals surface area contributed by atoms with E-state index in [-0.39, 0.29) is 29.8 Å². The molecule has 1 aliphatic heterocycles. The second-order valence-electron chi connectivity index (χ2n) is 8.17. The Morgan fingerprint density at radius 2 is 1.82 bits per heavy atom. The molecule has 0 unspecified atom stereocenters. The standard InChI is InChI=1S/C19H29N5O4/c1-5-7-24-16(26)14-15(21-17(20-14)19(2,3)4)23(18(24)27)8-6-13(25)22-9-11-28-12-10-22/h5-12H2,1-4H3,(H,20,21). The molecule has 0 saturated carbocycles. The lowest BCUT2D eigenvalue weighted by Gasteiger charge is -2.27. The van der Waals surface area contributed by atoms with Gasteiger partial charge in [0.05, 0.1) is 13.2 Å². The number of hydrogen-bond acceptors (Lipinski definition) is 5. The number of carbonyl (C=O) groups excluding carboxylic acids is 1. The van der Waals surface area contributed by atoms with Gasteiger partial charge in [-0.15, -0.1) is 0 Å². The Balaban J connectivity index is 2.01. The van der Waals surface area contributed by atoms with Gasteiger partial charge in [-0.05, 0) is 6.42 Å². The first kappa shape index (κ1) is 20.3. The molecule has 0 radical (unpaired) electrons. The number of rotatable bonds is 5. The van der Waals surface area contributed by atoms with Crippen LogP contribution in [0.1, 0.15) is 46.4 Å². The number of carbonyl (C=O) groups is 1. The minimum atomic E-state index is -0.416. The highest BCUT2D eigenvalue weighted by Gasteiger charge is 2.24. The molecule has 1 fully saturated rings. The molecule has 3 rings (SSSR count). The van der Waals surface area contributed by atoms with Crippen LogP contribution in [0.5, 0.6) is 0 Å². The van der Waals surface area contributed by atoms with Gasteiger partial charge in [0.1, 0.15) is 11.3 Å². The number of ether oxygens (including phenoxy) is 1. The molecule has 0 bridgehead atoms. The van der Waals surface area contributed by atoms with Gasteiger partial charge in [-0.1, -0.05) is 27.7 Å². The molecular weight excluding hydrogens is 362 g/mol. The fourth-order valence-corrected chi connectivity index (χ4v) is 3.32. The summed E-state index contributed by atoms with van der Waals surface area (Å²) in [5.74, 6) is 0.615. The van der Waals surface area contributed by atoms with E-state index in [1.807, 2.05) is 27.7 Å². The van der Waals surface area contributed by atoms with Gasteiger partial charge in [-0.2, -0.15) is 0 Å². The fourth-order valence-electron chi connectivity index (χ4n) is 3.32. The number of imidazole rings is 1. The van der Waals surface area contributed by atoms with Crippen molar-refractivity contribution in [1.29, 1.82) is 0 Å². The summed E-state index contributed by atoms with van der Waals surface area (Å²) in [5.41, 5.74) is -0.438.